The van der Waals surface area contributed by atoms with Crippen molar-refractivity contribution < 1.29 is 19.8 Å². The molecule has 0 aliphatic heterocycles. The molecule has 0 bridgehead atoms. The zero-order valence-electron chi connectivity index (χ0n) is 19.9. The van der Waals surface area contributed by atoms with Gasteiger partial charge in [-0.15, -0.1) is 0 Å². The van der Waals surface area contributed by atoms with E-state index in [9.17, 15) is 15.4 Å². The number of aryl methyl sites for hydroxylation is 1. The van der Waals surface area contributed by atoms with Gasteiger partial charge in [-0.1, -0.05) is 51.1 Å². The Kier molecular flexibility index (Phi) is 6.49. The van der Waals surface area contributed by atoms with E-state index in [0.29, 0.717) is 18.4 Å². The molecule has 3 rings (SSSR count). The van der Waals surface area contributed by atoms with E-state index < -0.39 is 13.9 Å². The third-order valence-electron chi connectivity index (χ3n) is 8.26. The SMILES string of the molecule is CC(C)(C)[Si](C)(C)O[C@H]1CC[C@@H]2[C@]1(C)CC=C(/C=N/O)[C@]2(O)CCc1ccc(O)cc1. The highest BCUT2D eigenvalue weighted by molar-refractivity contribution is 6.74. The van der Waals surface area contributed by atoms with Crippen LogP contribution in [-0.4, -0.2) is 41.7 Å². The van der Waals surface area contributed by atoms with Gasteiger partial charge in [0.15, 0.2) is 8.32 Å². The molecule has 4 atom stereocenters. The molecule has 3 N–H and O–H groups in total. The summed E-state index contributed by atoms with van der Waals surface area (Å²) in [6.45, 7) is 13.6. The molecule has 2 aliphatic carbocycles. The third kappa shape index (κ3) is 4.48. The molecule has 0 aromatic heterocycles. The van der Waals surface area contributed by atoms with Crippen LogP contribution in [0, 0.1) is 11.3 Å². The molecule has 6 heteroatoms. The lowest BCUT2D eigenvalue weighted by Crippen LogP contribution is -2.54. The molecule has 5 nitrogen and oxygen atoms in total. The van der Waals surface area contributed by atoms with Gasteiger partial charge in [-0.2, -0.15) is 0 Å². The summed E-state index contributed by atoms with van der Waals surface area (Å²) < 4.78 is 6.89. The van der Waals surface area contributed by atoms with Crippen LogP contribution in [0.3, 0.4) is 0 Å². The van der Waals surface area contributed by atoms with Crippen LogP contribution >= 0.6 is 0 Å². The number of hydrogen-bond donors (Lipinski definition) is 3. The van der Waals surface area contributed by atoms with Crippen LogP contribution in [0.2, 0.25) is 18.1 Å². The lowest BCUT2D eigenvalue weighted by atomic mass is 9.60. The normalized spacial score (nSPS) is 31.6. The van der Waals surface area contributed by atoms with E-state index in [2.05, 4.69) is 45.9 Å². The number of rotatable bonds is 6. The summed E-state index contributed by atoms with van der Waals surface area (Å²) in [5.41, 5.74) is 0.518. The van der Waals surface area contributed by atoms with Gasteiger partial charge < -0.3 is 19.8 Å². The summed E-state index contributed by atoms with van der Waals surface area (Å²) in [6, 6.07) is 7.13. The Bertz CT molecular complexity index is 842. The fraction of sp³-hybridized carbons (Fsp3) is 0.640. The lowest BCUT2D eigenvalue weighted by molar-refractivity contribution is -0.0660. The first-order valence-corrected chi connectivity index (χ1v) is 14.3. The highest BCUT2D eigenvalue weighted by Gasteiger charge is 2.59. The van der Waals surface area contributed by atoms with Crippen molar-refractivity contribution in [3.63, 3.8) is 0 Å². The van der Waals surface area contributed by atoms with Crippen molar-refractivity contribution in [2.75, 3.05) is 0 Å². The predicted molar refractivity (Wildman–Crippen MR) is 127 cm³/mol. The molecular weight excluding hydrogens is 406 g/mol. The van der Waals surface area contributed by atoms with Crippen LogP contribution in [0.4, 0.5) is 0 Å². The Morgan fingerprint density at radius 2 is 1.84 bits per heavy atom. The van der Waals surface area contributed by atoms with E-state index in [0.717, 1.165) is 24.8 Å². The summed E-state index contributed by atoms with van der Waals surface area (Å²) in [5.74, 6) is 0.270. The van der Waals surface area contributed by atoms with Gasteiger partial charge in [0.2, 0.25) is 0 Å². The van der Waals surface area contributed by atoms with E-state index in [4.69, 9.17) is 4.43 Å². The van der Waals surface area contributed by atoms with Crippen LogP contribution in [-0.2, 0) is 10.8 Å². The second kappa shape index (κ2) is 8.37. The molecule has 0 radical (unpaired) electrons. The van der Waals surface area contributed by atoms with Crippen LogP contribution < -0.4 is 0 Å². The molecule has 1 fully saturated rings. The second-order valence-electron chi connectivity index (χ2n) is 11.2. The number of phenolic OH excluding ortho intramolecular Hbond substituents is 1. The first kappa shape index (κ1) is 24.0. The first-order valence-electron chi connectivity index (χ1n) is 11.4. The van der Waals surface area contributed by atoms with Gasteiger partial charge in [0.1, 0.15) is 5.75 Å². The minimum absolute atomic E-state index is 0.0323. The average molecular weight is 446 g/mol. The predicted octanol–water partition coefficient (Wildman–Crippen LogP) is 5.65. The van der Waals surface area contributed by atoms with Gasteiger partial charge in [-0.3, -0.25) is 0 Å². The van der Waals surface area contributed by atoms with Crippen molar-refractivity contribution in [3.05, 3.63) is 41.5 Å². The van der Waals surface area contributed by atoms with Gasteiger partial charge in [0.25, 0.3) is 0 Å². The molecule has 0 amide bonds. The maximum atomic E-state index is 12.0. The number of fused-ring (bicyclic) bond motifs is 1. The van der Waals surface area contributed by atoms with Crippen LogP contribution in [0.1, 0.15) is 58.9 Å². The second-order valence-corrected chi connectivity index (χ2v) is 16.0. The number of nitrogens with zero attached hydrogens (tertiary/aromatic N) is 1. The average Bonchev–Trinajstić information content (AvgIpc) is 3.00. The van der Waals surface area contributed by atoms with E-state index >= 15 is 0 Å². The number of aromatic hydroxyl groups is 1. The van der Waals surface area contributed by atoms with Gasteiger partial charge in [-0.25, -0.2) is 0 Å². The largest absolute Gasteiger partial charge is 0.508 e. The van der Waals surface area contributed by atoms with Crippen LogP contribution in [0.15, 0.2) is 41.1 Å². The zero-order valence-corrected chi connectivity index (χ0v) is 20.9. The topological polar surface area (TPSA) is 82.3 Å². The van der Waals surface area contributed by atoms with E-state index in [1.807, 2.05) is 18.2 Å². The Morgan fingerprint density at radius 3 is 2.42 bits per heavy atom. The van der Waals surface area contributed by atoms with E-state index in [1.54, 1.807) is 12.1 Å². The molecule has 1 aromatic carbocycles. The zero-order chi connectivity index (χ0) is 23.1. The molecule has 1 saturated carbocycles. The molecule has 0 unspecified atom stereocenters. The van der Waals surface area contributed by atoms with Crippen molar-refractivity contribution in [3.8, 4) is 5.75 Å². The molecule has 31 heavy (non-hydrogen) atoms. The number of hydrogen-bond acceptors (Lipinski definition) is 5. The molecule has 0 saturated heterocycles. The Balaban J connectivity index is 1.89. The molecular formula is C25H39NO4Si. The van der Waals surface area contributed by atoms with Crippen LogP contribution in [0.5, 0.6) is 5.75 Å². The summed E-state index contributed by atoms with van der Waals surface area (Å²) in [6.07, 6.45) is 7.39. The molecule has 0 heterocycles. The highest BCUT2D eigenvalue weighted by Crippen LogP contribution is 2.58. The molecule has 0 spiro atoms. The van der Waals surface area contributed by atoms with E-state index in [-0.39, 0.29) is 28.2 Å². The maximum Gasteiger partial charge on any atom is 0.192 e. The smallest absolute Gasteiger partial charge is 0.192 e. The quantitative estimate of drug-likeness (QED) is 0.229. The fourth-order valence-corrected chi connectivity index (χ4v) is 6.69. The maximum absolute atomic E-state index is 12.0. The number of phenols is 1. The summed E-state index contributed by atoms with van der Waals surface area (Å²) in [5, 5.41) is 34.2. The van der Waals surface area contributed by atoms with Crippen molar-refractivity contribution in [1.82, 2.24) is 0 Å². The van der Waals surface area contributed by atoms with E-state index in [1.165, 1.54) is 6.21 Å². The Morgan fingerprint density at radius 1 is 1.19 bits per heavy atom. The van der Waals surface area contributed by atoms with Gasteiger partial charge in [0, 0.05) is 16.9 Å². The molecule has 1 aromatic rings. The number of allylic oxidation sites excluding steroid dienone is 1. The fourth-order valence-electron chi connectivity index (χ4n) is 5.24. The minimum Gasteiger partial charge on any atom is -0.508 e. The summed E-state index contributed by atoms with van der Waals surface area (Å²) in [7, 11) is -1.94. The Hall–Kier alpha value is -1.63. The van der Waals surface area contributed by atoms with Crippen molar-refractivity contribution >= 4 is 14.5 Å². The summed E-state index contributed by atoms with van der Waals surface area (Å²) in [4.78, 5) is 0. The number of aliphatic hydroxyl groups is 1. The Labute approximate surface area is 188 Å². The molecule has 172 valence electrons. The van der Waals surface area contributed by atoms with Gasteiger partial charge in [0.05, 0.1) is 17.9 Å². The monoisotopic (exact) mass is 445 g/mol. The van der Waals surface area contributed by atoms with Gasteiger partial charge in [-0.05, 0) is 67.9 Å². The number of oxime groups is 1. The third-order valence-corrected chi connectivity index (χ3v) is 12.7. The number of benzene rings is 1. The molecule has 2 aliphatic rings. The van der Waals surface area contributed by atoms with Crippen molar-refractivity contribution in [1.29, 1.82) is 0 Å². The van der Waals surface area contributed by atoms with Crippen LogP contribution in [0.25, 0.3) is 0 Å². The standard InChI is InChI=1S/C25H39NO4Si/c1-23(2,3)31(5,6)30-22-12-11-21-24(22,4)15-14-19(17-26-29)25(21,28)16-13-18-7-9-20(27)10-8-18/h7-10,14,17,21-22,27-29H,11-13,15-16H2,1-6H3/b26-17+/t21-,22+,24+,25-/m1/s1. The summed E-state index contributed by atoms with van der Waals surface area (Å²) >= 11 is 0. The first-order chi connectivity index (χ1) is 14.3. The minimum atomic E-state index is -1.94. The van der Waals surface area contributed by atoms with Crippen molar-refractivity contribution in [2.45, 2.75) is 89.6 Å². The highest BCUT2D eigenvalue weighted by atomic mass is 28.4. The van der Waals surface area contributed by atoms with Crippen molar-refractivity contribution in [2.24, 2.45) is 16.5 Å². The lowest BCUT2D eigenvalue weighted by Gasteiger charge is -2.50. The van der Waals surface area contributed by atoms with Gasteiger partial charge >= 0.3 is 0 Å².